The number of hydrogen-bond donors (Lipinski definition) is 0. The lowest BCUT2D eigenvalue weighted by Gasteiger charge is -2.02. The van der Waals surface area contributed by atoms with Crippen molar-refractivity contribution in [1.29, 1.82) is 0 Å². The summed E-state index contributed by atoms with van der Waals surface area (Å²) in [6.45, 7) is 8.30. The number of rotatable bonds is 9. The molecule has 82 valence electrons. The highest BCUT2D eigenvalue weighted by Crippen LogP contribution is 2.13. The zero-order valence-corrected chi connectivity index (χ0v) is 10.0. The second-order valence-electron chi connectivity index (χ2n) is 3.95. The van der Waals surface area contributed by atoms with Gasteiger partial charge < -0.3 is 0 Å². The first-order valence-corrected chi connectivity index (χ1v) is 6.13. The van der Waals surface area contributed by atoms with Crippen molar-refractivity contribution >= 4 is 0 Å². The number of allylic oxidation sites excluding steroid dienone is 3. The molecule has 0 amide bonds. The van der Waals surface area contributed by atoms with Crippen LogP contribution in [0.2, 0.25) is 0 Å². The summed E-state index contributed by atoms with van der Waals surface area (Å²) >= 11 is 0. The molecule has 0 aliphatic heterocycles. The smallest absolute Gasteiger partial charge is 0.0142 e. The molecule has 0 aromatic rings. The molecule has 14 heavy (non-hydrogen) atoms. The van der Waals surface area contributed by atoms with Crippen molar-refractivity contribution in [2.24, 2.45) is 0 Å². The molecule has 0 aromatic heterocycles. The fourth-order valence-corrected chi connectivity index (χ4v) is 1.67. The molecule has 0 aromatic carbocycles. The van der Waals surface area contributed by atoms with E-state index in [4.69, 9.17) is 0 Å². The van der Waals surface area contributed by atoms with Crippen molar-refractivity contribution in [3.8, 4) is 0 Å². The monoisotopic (exact) mass is 194 g/mol. The van der Waals surface area contributed by atoms with Gasteiger partial charge in [0.15, 0.2) is 0 Å². The Morgan fingerprint density at radius 1 is 1.07 bits per heavy atom. The Bertz CT molecular complexity index is 153. The summed E-state index contributed by atoms with van der Waals surface area (Å²) in [5.74, 6) is 0. The van der Waals surface area contributed by atoms with Crippen molar-refractivity contribution in [3.05, 3.63) is 24.3 Å². The van der Waals surface area contributed by atoms with Gasteiger partial charge in [0.05, 0.1) is 0 Å². The lowest BCUT2D eigenvalue weighted by Crippen LogP contribution is -1.82. The molecule has 0 unspecified atom stereocenters. The first-order chi connectivity index (χ1) is 6.85. The predicted octanol–water partition coefficient (Wildman–Crippen LogP) is 5.26. The van der Waals surface area contributed by atoms with Gasteiger partial charge in [0.1, 0.15) is 0 Å². The number of unbranched alkanes of at least 4 members (excludes halogenated alkanes) is 4. The van der Waals surface area contributed by atoms with Gasteiger partial charge in [0.25, 0.3) is 0 Å². The zero-order chi connectivity index (χ0) is 10.6. The van der Waals surface area contributed by atoms with Gasteiger partial charge >= 0.3 is 0 Å². The second kappa shape index (κ2) is 10.6. The summed E-state index contributed by atoms with van der Waals surface area (Å²) in [6, 6.07) is 0. The van der Waals surface area contributed by atoms with Crippen LogP contribution >= 0.6 is 0 Å². The summed E-state index contributed by atoms with van der Waals surface area (Å²) < 4.78 is 0. The van der Waals surface area contributed by atoms with Crippen LogP contribution in [-0.4, -0.2) is 0 Å². The predicted molar refractivity (Wildman–Crippen MR) is 66.6 cm³/mol. The van der Waals surface area contributed by atoms with E-state index in [1.807, 2.05) is 6.08 Å². The molecule has 0 N–H and O–H groups in total. The molecule has 0 saturated carbocycles. The van der Waals surface area contributed by atoms with E-state index in [1.165, 1.54) is 44.9 Å². The van der Waals surface area contributed by atoms with Crippen LogP contribution in [0, 0.1) is 0 Å². The molecule has 0 aliphatic rings. The highest BCUT2D eigenvalue weighted by atomic mass is 14.0. The Morgan fingerprint density at radius 2 is 1.86 bits per heavy atom. The second-order valence-corrected chi connectivity index (χ2v) is 3.95. The quantitative estimate of drug-likeness (QED) is 0.347. The van der Waals surface area contributed by atoms with Crippen LogP contribution < -0.4 is 0 Å². The fraction of sp³-hybridized carbons (Fsp3) is 0.714. The van der Waals surface area contributed by atoms with Crippen LogP contribution in [-0.2, 0) is 0 Å². The van der Waals surface area contributed by atoms with Gasteiger partial charge in [-0.15, -0.1) is 6.58 Å². The summed E-state index contributed by atoms with van der Waals surface area (Å²) in [5.41, 5.74) is 1.58. The van der Waals surface area contributed by atoms with Crippen LogP contribution in [0.1, 0.15) is 65.2 Å². The summed E-state index contributed by atoms with van der Waals surface area (Å²) in [4.78, 5) is 0. The Kier molecular flexibility index (Phi) is 10.2. The van der Waals surface area contributed by atoms with Crippen molar-refractivity contribution in [3.63, 3.8) is 0 Å². The van der Waals surface area contributed by atoms with E-state index in [1.54, 1.807) is 5.57 Å². The van der Waals surface area contributed by atoms with Crippen LogP contribution in [0.5, 0.6) is 0 Å². The topological polar surface area (TPSA) is 0 Å². The van der Waals surface area contributed by atoms with E-state index in [-0.39, 0.29) is 0 Å². The number of hydrogen-bond acceptors (Lipinski definition) is 0. The van der Waals surface area contributed by atoms with E-state index in [0.29, 0.717) is 0 Å². The van der Waals surface area contributed by atoms with Gasteiger partial charge in [-0.05, 0) is 25.7 Å². The molecule has 0 fully saturated rings. The van der Waals surface area contributed by atoms with E-state index in [2.05, 4.69) is 26.5 Å². The van der Waals surface area contributed by atoms with Gasteiger partial charge in [-0.3, -0.25) is 0 Å². The van der Waals surface area contributed by atoms with Gasteiger partial charge in [0, 0.05) is 0 Å². The van der Waals surface area contributed by atoms with Gasteiger partial charge in [-0.25, -0.2) is 0 Å². The van der Waals surface area contributed by atoms with Gasteiger partial charge in [0.2, 0.25) is 0 Å². The third-order valence-corrected chi connectivity index (χ3v) is 2.47. The molecular formula is C14H26. The molecule has 0 atom stereocenters. The normalized spacial score (nSPS) is 11.7. The first-order valence-electron chi connectivity index (χ1n) is 6.13. The largest absolute Gasteiger partial charge is 0.103 e. The minimum absolute atomic E-state index is 1.08. The van der Waals surface area contributed by atoms with Crippen molar-refractivity contribution in [2.75, 3.05) is 0 Å². The lowest BCUT2D eigenvalue weighted by atomic mass is 10.0. The van der Waals surface area contributed by atoms with Gasteiger partial charge in [-0.2, -0.15) is 0 Å². The highest BCUT2D eigenvalue weighted by molar-refractivity contribution is 5.05. The van der Waals surface area contributed by atoms with Crippen LogP contribution in [0.3, 0.4) is 0 Å². The average molecular weight is 194 g/mol. The van der Waals surface area contributed by atoms with Crippen LogP contribution in [0.25, 0.3) is 0 Å². The highest BCUT2D eigenvalue weighted by Gasteiger charge is 1.93. The molecule has 0 radical (unpaired) electrons. The fourth-order valence-electron chi connectivity index (χ4n) is 1.67. The Morgan fingerprint density at radius 3 is 2.43 bits per heavy atom. The molecule has 0 heterocycles. The third-order valence-electron chi connectivity index (χ3n) is 2.47. The summed E-state index contributed by atoms with van der Waals surface area (Å²) in [7, 11) is 0. The molecule has 0 saturated heterocycles. The standard InChI is InChI=1S/C14H26/c1-4-7-8-9-10-13-14(11-5-2)12-6-3/h5,13H,2,4,6-12H2,1,3H3/b14-13-. The molecule has 0 aliphatic carbocycles. The minimum Gasteiger partial charge on any atom is -0.103 e. The maximum atomic E-state index is 3.80. The maximum absolute atomic E-state index is 3.80. The van der Waals surface area contributed by atoms with Crippen molar-refractivity contribution in [2.45, 2.75) is 65.2 Å². The molecular weight excluding hydrogens is 168 g/mol. The Labute approximate surface area is 90.1 Å². The lowest BCUT2D eigenvalue weighted by molar-refractivity contribution is 0.671. The van der Waals surface area contributed by atoms with Crippen molar-refractivity contribution in [1.82, 2.24) is 0 Å². The van der Waals surface area contributed by atoms with Crippen LogP contribution in [0.4, 0.5) is 0 Å². The SMILES string of the molecule is C=CC/C(=C/CCCCCC)CCC. The molecule has 0 spiro atoms. The molecule has 0 nitrogen and oxygen atoms in total. The van der Waals surface area contributed by atoms with E-state index in [0.717, 1.165) is 6.42 Å². The van der Waals surface area contributed by atoms with Crippen LogP contribution in [0.15, 0.2) is 24.3 Å². The third kappa shape index (κ3) is 8.10. The molecule has 0 bridgehead atoms. The van der Waals surface area contributed by atoms with Crippen molar-refractivity contribution < 1.29 is 0 Å². The Hall–Kier alpha value is -0.520. The summed E-state index contributed by atoms with van der Waals surface area (Å²) in [6.07, 6.45) is 14.8. The average Bonchev–Trinajstić information content (AvgIpc) is 2.18. The zero-order valence-electron chi connectivity index (χ0n) is 10.0. The maximum Gasteiger partial charge on any atom is -0.0142 e. The Balaban J connectivity index is 3.61. The molecule has 0 heteroatoms. The van der Waals surface area contributed by atoms with E-state index in [9.17, 15) is 0 Å². The van der Waals surface area contributed by atoms with E-state index < -0.39 is 0 Å². The first kappa shape index (κ1) is 13.5. The minimum atomic E-state index is 1.08. The summed E-state index contributed by atoms with van der Waals surface area (Å²) in [5, 5.41) is 0. The van der Waals surface area contributed by atoms with E-state index >= 15 is 0 Å². The molecule has 0 rings (SSSR count). The van der Waals surface area contributed by atoms with Gasteiger partial charge in [-0.1, -0.05) is 57.3 Å².